The number of hydrogen-bond acceptors (Lipinski definition) is 11. The van der Waals surface area contributed by atoms with E-state index in [2.05, 4.69) is 32.0 Å². The summed E-state index contributed by atoms with van der Waals surface area (Å²) in [6, 6.07) is 21.9. The van der Waals surface area contributed by atoms with Crippen LogP contribution < -0.4 is 21.7 Å². The average Bonchev–Trinajstić information content (AvgIpc) is 4.17. The number of rotatable bonds is 20. The molecule has 2 saturated heterocycles. The molecule has 17 nitrogen and oxygen atoms in total. The van der Waals surface area contributed by atoms with Crippen molar-refractivity contribution in [3.8, 4) is 17.2 Å². The van der Waals surface area contributed by atoms with Crippen LogP contribution in [0.5, 0.6) is 0 Å². The Labute approximate surface area is 384 Å². The molecule has 7 rings (SSSR count). The summed E-state index contributed by atoms with van der Waals surface area (Å²) in [6.45, 7) is -0.467. The standard InChI is InChI=1S/C48H54N8O9S/c49-23-42(66-20-17-31(28-66)16-19-64-27-43(50)58)44(59)41-15-8-18-56(41)47(62)39(21-30-9-2-1-3-10-30)53-46(61)40(25-57)54-45(60)38(22-32-24-51-29-52-32)55-48(63)65-26-37-35-13-6-4-11-33(35)34-12-5-7-14-36(34)37/h1-7,9-14,24,29,31,37-41,57H,8,15-22,25-28H2,(H2,50,58)(H,51,52)(H,53,61)(H,54,60)(H,55,63)/t31?,38-,39-,40-,41+,66?/m0/s1. The van der Waals surface area contributed by atoms with E-state index in [9.17, 15) is 39.1 Å². The van der Waals surface area contributed by atoms with Gasteiger partial charge >= 0.3 is 6.09 Å². The molecule has 66 heavy (non-hydrogen) atoms. The number of nitrogens with one attached hydrogen (secondary N) is 4. The summed E-state index contributed by atoms with van der Waals surface area (Å²) in [5.74, 6) is -1.93. The average molecular weight is 919 g/mol. The van der Waals surface area contributed by atoms with Crippen molar-refractivity contribution < 1.29 is 43.3 Å². The van der Waals surface area contributed by atoms with Gasteiger partial charge in [0.05, 0.1) is 19.0 Å². The van der Waals surface area contributed by atoms with Gasteiger partial charge in [0.2, 0.25) is 29.4 Å². The normalized spacial score (nSPS) is 19.1. The third kappa shape index (κ3) is 11.6. The van der Waals surface area contributed by atoms with Gasteiger partial charge in [-0.2, -0.15) is 15.7 Å². The summed E-state index contributed by atoms with van der Waals surface area (Å²) in [6.07, 6.45) is 4.29. The first-order chi connectivity index (χ1) is 32.0. The number of aliphatic hydroxyl groups is 1. The zero-order valence-electron chi connectivity index (χ0n) is 36.4. The molecule has 0 saturated carbocycles. The van der Waals surface area contributed by atoms with Crippen LogP contribution in [0.25, 0.3) is 11.1 Å². The predicted molar refractivity (Wildman–Crippen MR) is 246 cm³/mol. The van der Waals surface area contributed by atoms with Crippen molar-refractivity contribution in [3.63, 3.8) is 0 Å². The number of fused-ring (bicyclic) bond motifs is 3. The number of aromatic nitrogens is 2. The lowest BCUT2D eigenvalue weighted by Crippen LogP contribution is -2.59. The lowest BCUT2D eigenvalue weighted by molar-refractivity contribution is -0.140. The van der Waals surface area contributed by atoms with Crippen LogP contribution in [0.4, 0.5) is 4.79 Å². The van der Waals surface area contributed by atoms with Crippen LogP contribution in [0.15, 0.2) is 91.4 Å². The molecule has 4 aromatic rings. The van der Waals surface area contributed by atoms with Gasteiger partial charge in [-0.1, -0.05) is 78.9 Å². The number of nitrogens with two attached hydrogens (primary N) is 1. The van der Waals surface area contributed by atoms with Gasteiger partial charge in [-0.25, -0.2) is 9.78 Å². The Bertz CT molecular complexity index is 2430. The van der Waals surface area contributed by atoms with Gasteiger partial charge in [0, 0.05) is 43.8 Å². The molecule has 0 spiro atoms. The van der Waals surface area contributed by atoms with Gasteiger partial charge in [0.25, 0.3) is 0 Å². The fourth-order valence-electron chi connectivity index (χ4n) is 8.91. The van der Waals surface area contributed by atoms with E-state index < -0.39 is 76.8 Å². The van der Waals surface area contributed by atoms with E-state index in [0.29, 0.717) is 48.6 Å². The number of imidazole rings is 1. The number of likely N-dealkylation sites (tertiary alicyclic amines) is 1. The summed E-state index contributed by atoms with van der Waals surface area (Å²) in [5.41, 5.74) is 10.5. The molecule has 7 N–H and O–H groups in total. The lowest BCUT2D eigenvalue weighted by atomic mass is 9.98. The third-order valence-corrected chi connectivity index (χ3v) is 14.7. The van der Waals surface area contributed by atoms with E-state index in [1.54, 1.807) is 24.3 Å². The Morgan fingerprint density at radius 2 is 1.58 bits per heavy atom. The van der Waals surface area contributed by atoms with Gasteiger partial charge in [-0.15, -0.1) is 0 Å². The Morgan fingerprint density at radius 1 is 0.894 bits per heavy atom. The molecule has 3 aliphatic rings. The maximum atomic E-state index is 14.5. The molecule has 2 unspecified atom stereocenters. The van der Waals surface area contributed by atoms with Crippen molar-refractivity contribution in [3.05, 3.63) is 114 Å². The molecule has 3 aromatic carbocycles. The van der Waals surface area contributed by atoms with E-state index in [-0.39, 0.29) is 49.3 Å². The number of carbonyl (C=O) groups excluding carboxylic acids is 6. The number of aromatic amines is 1. The van der Waals surface area contributed by atoms with E-state index in [1.165, 1.54) is 17.4 Å². The minimum absolute atomic E-state index is 0.00579. The van der Waals surface area contributed by atoms with Gasteiger partial charge in [0.1, 0.15) is 42.3 Å². The van der Waals surface area contributed by atoms with Gasteiger partial charge < -0.3 is 46.1 Å². The number of benzene rings is 3. The molecule has 3 heterocycles. The number of ketones is 1. The summed E-state index contributed by atoms with van der Waals surface area (Å²) in [7, 11) is -0.621. The second-order valence-corrected chi connectivity index (χ2v) is 18.8. The highest BCUT2D eigenvalue weighted by Crippen LogP contribution is 2.44. The number of amides is 5. The van der Waals surface area contributed by atoms with Crippen molar-refractivity contribution in [1.29, 1.82) is 5.26 Å². The van der Waals surface area contributed by atoms with Crippen molar-refractivity contribution in [1.82, 2.24) is 30.8 Å². The van der Waals surface area contributed by atoms with Gasteiger partial charge in [0.15, 0.2) is 0 Å². The van der Waals surface area contributed by atoms with Crippen molar-refractivity contribution >= 4 is 50.9 Å². The molecule has 5 amide bonds. The second-order valence-electron chi connectivity index (χ2n) is 16.6. The van der Waals surface area contributed by atoms with Crippen LogP contribution in [0.1, 0.15) is 54.0 Å². The van der Waals surface area contributed by atoms with Gasteiger partial charge in [-0.3, -0.25) is 24.0 Å². The Hall–Kier alpha value is -6.68. The van der Waals surface area contributed by atoms with E-state index in [1.807, 2.05) is 54.6 Å². The van der Waals surface area contributed by atoms with E-state index >= 15 is 0 Å². The fourth-order valence-corrected chi connectivity index (χ4v) is 11.5. The largest absolute Gasteiger partial charge is 0.449 e. The number of nitriles is 1. The van der Waals surface area contributed by atoms with Gasteiger partial charge in [-0.05, 0) is 70.9 Å². The molecule has 0 bridgehead atoms. The topological polar surface area (TPSA) is 259 Å². The first kappa shape index (κ1) is 47.3. The molecule has 2 fully saturated rings. The number of Topliss-reactive ketones (excluding diaryl/α,β-unsaturated/α-hetero) is 1. The molecule has 1 aromatic heterocycles. The van der Waals surface area contributed by atoms with Crippen LogP contribution in [0.2, 0.25) is 0 Å². The molecule has 1 aliphatic carbocycles. The fraction of sp³-hybridized carbons (Fsp3) is 0.396. The summed E-state index contributed by atoms with van der Waals surface area (Å²) in [4.78, 5) is 89.5. The number of carbonyl (C=O) groups is 6. The number of aliphatic hydroxyl groups excluding tert-OH is 1. The summed E-state index contributed by atoms with van der Waals surface area (Å²) < 4.78 is 11.0. The zero-order chi connectivity index (χ0) is 46.6. The van der Waals surface area contributed by atoms with Crippen LogP contribution in [-0.2, 0) is 46.3 Å². The van der Waals surface area contributed by atoms with E-state index in [4.69, 9.17) is 15.2 Å². The van der Waals surface area contributed by atoms with Crippen LogP contribution in [0, 0.1) is 17.2 Å². The Balaban J connectivity index is 1.02. The zero-order valence-corrected chi connectivity index (χ0v) is 37.2. The highest BCUT2D eigenvalue weighted by Gasteiger charge is 2.41. The first-order valence-corrected chi connectivity index (χ1v) is 23.6. The highest BCUT2D eigenvalue weighted by molar-refractivity contribution is 8.17. The number of ether oxygens (including phenoxy) is 2. The summed E-state index contributed by atoms with van der Waals surface area (Å²) >= 11 is 0. The maximum Gasteiger partial charge on any atom is 0.407 e. The molecule has 6 atom stereocenters. The quantitative estimate of drug-likeness (QED) is 0.0555. The number of nitrogens with zero attached hydrogens (tertiary/aromatic N) is 3. The van der Waals surface area contributed by atoms with Crippen molar-refractivity contribution in [2.24, 2.45) is 11.7 Å². The third-order valence-electron chi connectivity index (χ3n) is 12.2. The SMILES string of the molecule is N#C/C(C(=O)[C@H]1CCCN1C(=O)[C@H](Cc1ccccc1)NC(=O)[C@H](CO)NC(=O)[C@H](Cc1cnc[nH]1)NC(=O)OCC1c2ccccc2-c2ccccc21)=S1\CCC(CCOCC(N)=O)C1. The van der Waals surface area contributed by atoms with Crippen LogP contribution in [0.3, 0.4) is 0 Å². The minimum atomic E-state index is -1.55. The maximum absolute atomic E-state index is 14.5. The van der Waals surface area contributed by atoms with Crippen molar-refractivity contribution in [2.75, 3.05) is 44.5 Å². The Kier molecular flexibility index (Phi) is 16.1. The molecule has 2 aliphatic heterocycles. The summed E-state index contributed by atoms with van der Waals surface area (Å²) in [5, 5.41) is 28.6. The predicted octanol–water partition coefficient (Wildman–Crippen LogP) is 2.50. The number of H-pyrrole nitrogens is 1. The number of primary amides is 1. The highest BCUT2D eigenvalue weighted by atomic mass is 32.2. The monoisotopic (exact) mass is 918 g/mol. The number of hydrogen-bond donors (Lipinski definition) is 6. The van der Waals surface area contributed by atoms with Crippen LogP contribution >= 0.6 is 10.5 Å². The van der Waals surface area contributed by atoms with Crippen LogP contribution in [-0.4, -0.2) is 129 Å². The van der Waals surface area contributed by atoms with E-state index in [0.717, 1.165) is 28.7 Å². The molecule has 18 heteroatoms. The Morgan fingerprint density at radius 3 is 2.24 bits per heavy atom. The molecule has 0 radical (unpaired) electrons. The molecular formula is C48H54N8O9S. The first-order valence-electron chi connectivity index (χ1n) is 22.0. The number of alkyl carbamates (subject to hydrolysis) is 1. The molecular weight excluding hydrogens is 865 g/mol. The van der Waals surface area contributed by atoms with Crippen molar-refractivity contribution in [2.45, 2.75) is 68.6 Å². The second kappa shape index (κ2) is 22.5. The molecule has 346 valence electrons. The minimum Gasteiger partial charge on any atom is -0.449 e. The smallest absolute Gasteiger partial charge is 0.407 e. The lowest BCUT2D eigenvalue weighted by Gasteiger charge is -2.30.